The van der Waals surface area contributed by atoms with Gasteiger partial charge in [0.1, 0.15) is 11.6 Å². The van der Waals surface area contributed by atoms with Gasteiger partial charge in [0.15, 0.2) is 11.6 Å². The lowest BCUT2D eigenvalue weighted by Gasteiger charge is -2.07. The molecule has 6 heteroatoms. The number of anilines is 3. The first-order chi connectivity index (χ1) is 8.06. The Morgan fingerprint density at radius 2 is 1.71 bits per heavy atom. The second-order valence-corrected chi connectivity index (χ2v) is 3.35. The normalized spacial score (nSPS) is 10.3. The number of nitrogens with zero attached hydrogens (tertiary/aromatic N) is 1. The number of nitrogens with two attached hydrogens (primary N) is 1. The van der Waals surface area contributed by atoms with E-state index in [1.807, 2.05) is 0 Å². The summed E-state index contributed by atoms with van der Waals surface area (Å²) in [5, 5.41) is 2.52. The van der Waals surface area contributed by atoms with Crippen molar-refractivity contribution in [2.45, 2.75) is 0 Å². The summed E-state index contributed by atoms with van der Waals surface area (Å²) >= 11 is 0. The Morgan fingerprint density at radius 1 is 1.00 bits per heavy atom. The summed E-state index contributed by atoms with van der Waals surface area (Å²) in [7, 11) is 0. The van der Waals surface area contributed by atoms with E-state index in [1.54, 1.807) is 6.07 Å². The third-order valence-electron chi connectivity index (χ3n) is 2.06. The molecule has 88 valence electrons. The second-order valence-electron chi connectivity index (χ2n) is 3.35. The van der Waals surface area contributed by atoms with Gasteiger partial charge in [-0.25, -0.2) is 18.2 Å². The molecule has 0 aliphatic carbocycles. The average Bonchev–Trinajstić information content (AvgIpc) is 2.29. The zero-order valence-corrected chi connectivity index (χ0v) is 8.55. The highest BCUT2D eigenvalue weighted by molar-refractivity contribution is 5.58. The Labute approximate surface area is 95.1 Å². The van der Waals surface area contributed by atoms with Crippen molar-refractivity contribution in [1.29, 1.82) is 0 Å². The third-order valence-corrected chi connectivity index (χ3v) is 2.06. The Balaban J connectivity index is 2.30. The van der Waals surface area contributed by atoms with Gasteiger partial charge >= 0.3 is 0 Å². The first-order valence-electron chi connectivity index (χ1n) is 4.69. The van der Waals surface area contributed by atoms with Crippen molar-refractivity contribution in [2.24, 2.45) is 0 Å². The van der Waals surface area contributed by atoms with E-state index in [0.717, 1.165) is 6.07 Å². The topological polar surface area (TPSA) is 50.9 Å². The standard InChI is InChI=1S/C11H8F3N3/c12-7-3-9(14)10(4-8(7)13)17-11-2-1-6(15)5-16-11/h1-5H,15H2,(H,16,17). The molecule has 2 rings (SSSR count). The maximum atomic E-state index is 13.3. The molecule has 1 aromatic heterocycles. The lowest BCUT2D eigenvalue weighted by molar-refractivity contribution is 0.496. The van der Waals surface area contributed by atoms with Gasteiger partial charge in [0.05, 0.1) is 17.6 Å². The molecule has 1 heterocycles. The van der Waals surface area contributed by atoms with Crippen molar-refractivity contribution >= 4 is 17.2 Å². The largest absolute Gasteiger partial charge is 0.397 e. The van der Waals surface area contributed by atoms with E-state index in [1.165, 1.54) is 12.3 Å². The van der Waals surface area contributed by atoms with Gasteiger partial charge < -0.3 is 11.1 Å². The fourth-order valence-corrected chi connectivity index (χ4v) is 1.24. The summed E-state index contributed by atoms with van der Waals surface area (Å²) in [4.78, 5) is 3.85. The molecule has 0 bridgehead atoms. The van der Waals surface area contributed by atoms with Gasteiger partial charge in [-0.05, 0) is 12.1 Å². The summed E-state index contributed by atoms with van der Waals surface area (Å²) < 4.78 is 38.9. The molecule has 0 aliphatic heterocycles. The SMILES string of the molecule is Nc1ccc(Nc2cc(F)c(F)cc2F)nc1. The third kappa shape index (κ3) is 2.47. The molecule has 0 saturated heterocycles. The van der Waals surface area contributed by atoms with Crippen molar-refractivity contribution in [3.8, 4) is 0 Å². The fraction of sp³-hybridized carbons (Fsp3) is 0. The number of aromatic nitrogens is 1. The van der Waals surface area contributed by atoms with Crippen LogP contribution in [-0.2, 0) is 0 Å². The van der Waals surface area contributed by atoms with Crippen LogP contribution in [0.25, 0.3) is 0 Å². The number of rotatable bonds is 2. The molecular weight excluding hydrogens is 231 g/mol. The van der Waals surface area contributed by atoms with Gasteiger partial charge in [0.2, 0.25) is 0 Å². The molecule has 0 radical (unpaired) electrons. The van der Waals surface area contributed by atoms with E-state index in [0.29, 0.717) is 11.8 Å². The molecule has 2 aromatic rings. The van der Waals surface area contributed by atoms with Crippen LogP contribution in [-0.4, -0.2) is 4.98 Å². The number of nitrogens with one attached hydrogen (secondary N) is 1. The molecule has 0 unspecified atom stereocenters. The number of benzene rings is 1. The lowest BCUT2D eigenvalue weighted by Crippen LogP contribution is -1.99. The highest BCUT2D eigenvalue weighted by atomic mass is 19.2. The summed E-state index contributed by atoms with van der Waals surface area (Å²) in [5.41, 5.74) is 5.67. The van der Waals surface area contributed by atoms with Crippen LogP contribution in [0, 0.1) is 17.5 Å². The number of hydrogen-bond donors (Lipinski definition) is 2. The molecule has 0 fully saturated rings. The van der Waals surface area contributed by atoms with E-state index in [-0.39, 0.29) is 11.5 Å². The minimum atomic E-state index is -1.24. The van der Waals surface area contributed by atoms with E-state index >= 15 is 0 Å². The molecular formula is C11H8F3N3. The van der Waals surface area contributed by atoms with Crippen molar-refractivity contribution in [3.63, 3.8) is 0 Å². The fourth-order valence-electron chi connectivity index (χ4n) is 1.24. The van der Waals surface area contributed by atoms with Crippen molar-refractivity contribution in [2.75, 3.05) is 11.1 Å². The van der Waals surface area contributed by atoms with Crippen LogP contribution in [0.3, 0.4) is 0 Å². The predicted octanol–water partition coefficient (Wildman–Crippen LogP) is 2.82. The molecule has 0 aliphatic rings. The number of hydrogen-bond acceptors (Lipinski definition) is 3. The summed E-state index contributed by atoms with van der Waals surface area (Å²) in [6.07, 6.45) is 1.36. The van der Waals surface area contributed by atoms with Gasteiger partial charge in [0.25, 0.3) is 0 Å². The van der Waals surface area contributed by atoms with Crippen LogP contribution in [0.5, 0.6) is 0 Å². The minimum absolute atomic E-state index is 0.193. The van der Waals surface area contributed by atoms with Crippen LogP contribution in [0.15, 0.2) is 30.5 Å². The Morgan fingerprint density at radius 3 is 2.35 bits per heavy atom. The monoisotopic (exact) mass is 239 g/mol. The zero-order chi connectivity index (χ0) is 12.4. The highest BCUT2D eigenvalue weighted by Crippen LogP contribution is 2.21. The van der Waals surface area contributed by atoms with E-state index in [2.05, 4.69) is 10.3 Å². The van der Waals surface area contributed by atoms with Gasteiger partial charge in [0, 0.05) is 12.1 Å². The molecule has 3 nitrogen and oxygen atoms in total. The van der Waals surface area contributed by atoms with Gasteiger partial charge in [-0.3, -0.25) is 0 Å². The van der Waals surface area contributed by atoms with Gasteiger partial charge in [-0.1, -0.05) is 0 Å². The Hall–Kier alpha value is -2.24. The maximum Gasteiger partial charge on any atom is 0.161 e. The molecule has 0 atom stereocenters. The quantitative estimate of drug-likeness (QED) is 0.792. The summed E-state index contributed by atoms with van der Waals surface area (Å²) in [6, 6.07) is 4.24. The summed E-state index contributed by atoms with van der Waals surface area (Å²) in [6.45, 7) is 0. The first-order valence-corrected chi connectivity index (χ1v) is 4.69. The molecule has 17 heavy (non-hydrogen) atoms. The van der Waals surface area contributed by atoms with Crippen LogP contribution in [0.2, 0.25) is 0 Å². The predicted molar refractivity (Wildman–Crippen MR) is 58.2 cm³/mol. The molecule has 0 spiro atoms. The smallest absolute Gasteiger partial charge is 0.161 e. The lowest BCUT2D eigenvalue weighted by atomic mass is 10.2. The average molecular weight is 239 g/mol. The van der Waals surface area contributed by atoms with Crippen LogP contribution in [0.1, 0.15) is 0 Å². The Kier molecular flexibility index (Phi) is 2.86. The highest BCUT2D eigenvalue weighted by Gasteiger charge is 2.10. The van der Waals surface area contributed by atoms with Crippen LogP contribution < -0.4 is 11.1 Å². The zero-order valence-electron chi connectivity index (χ0n) is 8.55. The van der Waals surface area contributed by atoms with Crippen LogP contribution in [0.4, 0.5) is 30.4 Å². The molecule has 3 N–H and O–H groups in total. The van der Waals surface area contributed by atoms with E-state index < -0.39 is 17.5 Å². The minimum Gasteiger partial charge on any atom is -0.397 e. The first kappa shape index (κ1) is 11.3. The van der Waals surface area contributed by atoms with E-state index in [9.17, 15) is 13.2 Å². The molecule has 1 aromatic carbocycles. The van der Waals surface area contributed by atoms with E-state index in [4.69, 9.17) is 5.73 Å². The number of halogens is 3. The van der Waals surface area contributed by atoms with Crippen LogP contribution >= 0.6 is 0 Å². The number of nitrogen functional groups attached to an aromatic ring is 1. The van der Waals surface area contributed by atoms with Crippen molar-refractivity contribution < 1.29 is 13.2 Å². The Bertz CT molecular complexity index is 540. The van der Waals surface area contributed by atoms with Crippen molar-refractivity contribution in [3.05, 3.63) is 47.9 Å². The summed E-state index contributed by atoms with van der Waals surface area (Å²) in [5.74, 6) is -2.99. The van der Waals surface area contributed by atoms with Crippen molar-refractivity contribution in [1.82, 2.24) is 4.98 Å². The van der Waals surface area contributed by atoms with Gasteiger partial charge in [-0.2, -0.15) is 0 Å². The number of pyridine rings is 1. The molecule has 0 saturated carbocycles. The second kappa shape index (κ2) is 4.32. The maximum absolute atomic E-state index is 13.3. The molecule has 0 amide bonds. The van der Waals surface area contributed by atoms with Gasteiger partial charge in [-0.15, -0.1) is 0 Å².